The summed E-state index contributed by atoms with van der Waals surface area (Å²) < 4.78 is 23.8. The molecule has 1 aliphatic heterocycles. The standard InChI is InChI=1S/C15H23N3O2S/c1-11-6-7-13(9-12(11)2)18-15(16)17-10-14-5-3-4-8-21(14,19)20/h6-7,9,14H,3-5,8,10H2,1-2H3,(H3,16,17,18). The Labute approximate surface area is 126 Å². The summed E-state index contributed by atoms with van der Waals surface area (Å²) >= 11 is 0. The smallest absolute Gasteiger partial charge is 0.193 e. The second-order valence-corrected chi connectivity index (χ2v) is 8.04. The summed E-state index contributed by atoms with van der Waals surface area (Å²) in [6.07, 6.45) is 2.39. The quantitative estimate of drug-likeness (QED) is 0.660. The van der Waals surface area contributed by atoms with Gasteiger partial charge in [0.05, 0.1) is 17.5 Å². The SMILES string of the molecule is Cc1ccc(NC(N)=NCC2CCCCS2(=O)=O)cc1C. The Balaban J connectivity index is 1.99. The maximum Gasteiger partial charge on any atom is 0.193 e. The van der Waals surface area contributed by atoms with E-state index in [1.165, 1.54) is 11.1 Å². The number of nitrogens with two attached hydrogens (primary N) is 1. The van der Waals surface area contributed by atoms with E-state index in [-0.39, 0.29) is 23.5 Å². The molecule has 1 aromatic rings. The summed E-state index contributed by atoms with van der Waals surface area (Å²) in [5.41, 5.74) is 9.09. The fourth-order valence-corrected chi connectivity index (χ4v) is 4.20. The number of nitrogens with zero attached hydrogens (tertiary/aromatic N) is 1. The molecular formula is C15H23N3O2S. The van der Waals surface area contributed by atoms with Crippen molar-refractivity contribution in [2.75, 3.05) is 17.6 Å². The third-order valence-corrected chi connectivity index (χ3v) is 6.22. The first-order chi connectivity index (χ1) is 9.88. The molecule has 1 atom stereocenters. The first-order valence-electron chi connectivity index (χ1n) is 7.24. The van der Waals surface area contributed by atoms with Gasteiger partial charge in [0.25, 0.3) is 0 Å². The maximum absolute atomic E-state index is 11.9. The van der Waals surface area contributed by atoms with Crippen molar-refractivity contribution in [1.29, 1.82) is 0 Å². The molecule has 1 saturated heterocycles. The Morgan fingerprint density at radius 2 is 2.10 bits per heavy atom. The third kappa shape index (κ3) is 4.20. The Hall–Kier alpha value is -1.56. The predicted molar refractivity (Wildman–Crippen MR) is 87.5 cm³/mol. The van der Waals surface area contributed by atoms with Gasteiger partial charge >= 0.3 is 0 Å². The molecule has 1 heterocycles. The number of benzene rings is 1. The molecule has 0 saturated carbocycles. The molecule has 1 aliphatic rings. The zero-order valence-corrected chi connectivity index (χ0v) is 13.4. The lowest BCUT2D eigenvalue weighted by molar-refractivity contribution is 0.541. The lowest BCUT2D eigenvalue weighted by atomic mass is 10.1. The van der Waals surface area contributed by atoms with Gasteiger partial charge in [-0.15, -0.1) is 0 Å². The van der Waals surface area contributed by atoms with E-state index < -0.39 is 9.84 Å². The van der Waals surface area contributed by atoms with E-state index in [2.05, 4.69) is 10.3 Å². The van der Waals surface area contributed by atoms with E-state index in [9.17, 15) is 8.42 Å². The van der Waals surface area contributed by atoms with Crippen molar-refractivity contribution in [3.8, 4) is 0 Å². The van der Waals surface area contributed by atoms with Gasteiger partial charge in [-0.1, -0.05) is 12.5 Å². The largest absolute Gasteiger partial charge is 0.370 e. The van der Waals surface area contributed by atoms with Crippen molar-refractivity contribution in [1.82, 2.24) is 0 Å². The number of rotatable bonds is 3. The normalized spacial score (nSPS) is 22.0. The van der Waals surface area contributed by atoms with Crippen molar-refractivity contribution in [2.24, 2.45) is 10.7 Å². The highest BCUT2D eigenvalue weighted by molar-refractivity contribution is 7.92. The van der Waals surface area contributed by atoms with E-state index in [1.807, 2.05) is 32.0 Å². The Morgan fingerprint density at radius 3 is 2.76 bits per heavy atom. The molecule has 0 aromatic heterocycles. The highest BCUT2D eigenvalue weighted by atomic mass is 32.2. The van der Waals surface area contributed by atoms with Crippen molar-refractivity contribution < 1.29 is 8.42 Å². The Morgan fingerprint density at radius 1 is 1.33 bits per heavy atom. The number of aliphatic imine (C=N–C) groups is 1. The molecule has 0 amide bonds. The van der Waals surface area contributed by atoms with Crippen LogP contribution in [-0.2, 0) is 9.84 Å². The summed E-state index contributed by atoms with van der Waals surface area (Å²) in [6.45, 7) is 4.32. The molecular weight excluding hydrogens is 286 g/mol. The molecule has 1 aromatic carbocycles. The molecule has 1 unspecified atom stereocenters. The Bertz CT molecular complexity index is 638. The van der Waals surface area contributed by atoms with Crippen LogP contribution in [0, 0.1) is 13.8 Å². The lowest BCUT2D eigenvalue weighted by Crippen LogP contribution is -2.32. The average Bonchev–Trinajstić information content (AvgIpc) is 2.41. The van der Waals surface area contributed by atoms with Crippen molar-refractivity contribution >= 4 is 21.5 Å². The molecule has 5 nitrogen and oxygen atoms in total. The number of anilines is 1. The summed E-state index contributed by atoms with van der Waals surface area (Å²) in [7, 11) is -2.99. The number of hydrogen-bond acceptors (Lipinski definition) is 3. The minimum atomic E-state index is -2.99. The number of sulfone groups is 1. The van der Waals surface area contributed by atoms with Crippen LogP contribution >= 0.6 is 0 Å². The highest BCUT2D eigenvalue weighted by Gasteiger charge is 2.28. The summed E-state index contributed by atoms with van der Waals surface area (Å²) in [5.74, 6) is 0.538. The molecule has 2 rings (SSSR count). The van der Waals surface area contributed by atoms with E-state index in [0.29, 0.717) is 6.42 Å². The van der Waals surface area contributed by atoms with Gasteiger partial charge in [-0.3, -0.25) is 4.99 Å². The van der Waals surface area contributed by atoms with Crippen LogP contribution in [0.1, 0.15) is 30.4 Å². The fraction of sp³-hybridized carbons (Fsp3) is 0.533. The van der Waals surface area contributed by atoms with Gasteiger partial charge in [0, 0.05) is 5.69 Å². The number of nitrogens with one attached hydrogen (secondary N) is 1. The van der Waals surface area contributed by atoms with E-state index in [0.717, 1.165) is 18.5 Å². The van der Waals surface area contributed by atoms with Crippen molar-refractivity contribution in [3.63, 3.8) is 0 Å². The molecule has 0 aliphatic carbocycles. The highest BCUT2D eigenvalue weighted by Crippen LogP contribution is 2.19. The number of aryl methyl sites for hydroxylation is 2. The maximum atomic E-state index is 11.9. The van der Waals surface area contributed by atoms with Crippen LogP contribution in [0.4, 0.5) is 5.69 Å². The number of hydrogen-bond donors (Lipinski definition) is 2. The van der Waals surface area contributed by atoms with Crippen molar-refractivity contribution in [2.45, 2.75) is 38.4 Å². The molecule has 6 heteroatoms. The molecule has 0 radical (unpaired) electrons. The minimum absolute atomic E-state index is 0.242. The van der Waals surface area contributed by atoms with Crippen molar-refractivity contribution in [3.05, 3.63) is 29.3 Å². The molecule has 1 fully saturated rings. The van der Waals surface area contributed by atoms with Gasteiger partial charge in [0.1, 0.15) is 0 Å². The van der Waals surface area contributed by atoms with Crippen LogP contribution in [0.5, 0.6) is 0 Å². The van der Waals surface area contributed by atoms with Gasteiger partial charge < -0.3 is 11.1 Å². The van der Waals surface area contributed by atoms with Gasteiger partial charge in [0.15, 0.2) is 15.8 Å². The topological polar surface area (TPSA) is 84.5 Å². The monoisotopic (exact) mass is 309 g/mol. The van der Waals surface area contributed by atoms with Crippen LogP contribution < -0.4 is 11.1 Å². The van der Waals surface area contributed by atoms with Crippen LogP contribution in [0.3, 0.4) is 0 Å². The zero-order chi connectivity index (χ0) is 15.5. The Kier molecular flexibility index (Phi) is 4.88. The van der Waals surface area contributed by atoms with Gasteiger partial charge in [-0.05, 0) is 49.9 Å². The molecule has 21 heavy (non-hydrogen) atoms. The van der Waals surface area contributed by atoms with Crippen LogP contribution in [-0.4, -0.2) is 31.9 Å². The minimum Gasteiger partial charge on any atom is -0.370 e. The average molecular weight is 309 g/mol. The van der Waals surface area contributed by atoms with E-state index >= 15 is 0 Å². The number of guanidine groups is 1. The van der Waals surface area contributed by atoms with Crippen LogP contribution in [0.15, 0.2) is 23.2 Å². The zero-order valence-electron chi connectivity index (χ0n) is 12.6. The summed E-state index contributed by atoms with van der Waals surface area (Å²) in [6, 6.07) is 5.94. The molecule has 0 bridgehead atoms. The fourth-order valence-electron chi connectivity index (χ4n) is 2.43. The summed E-state index contributed by atoms with van der Waals surface area (Å²) in [5, 5.41) is 2.63. The van der Waals surface area contributed by atoms with Gasteiger partial charge in [-0.25, -0.2) is 8.42 Å². The molecule has 0 spiro atoms. The first-order valence-corrected chi connectivity index (χ1v) is 8.96. The first kappa shape index (κ1) is 15.8. The van der Waals surface area contributed by atoms with E-state index in [4.69, 9.17) is 5.73 Å². The lowest BCUT2D eigenvalue weighted by Gasteiger charge is -2.20. The van der Waals surface area contributed by atoms with Crippen LogP contribution in [0.25, 0.3) is 0 Å². The second kappa shape index (κ2) is 6.47. The molecule has 116 valence electrons. The summed E-state index contributed by atoms with van der Waals surface area (Å²) in [4.78, 5) is 4.19. The third-order valence-electron chi connectivity index (χ3n) is 3.96. The molecule has 3 N–H and O–H groups in total. The van der Waals surface area contributed by atoms with Gasteiger partial charge in [0.2, 0.25) is 0 Å². The van der Waals surface area contributed by atoms with Gasteiger partial charge in [-0.2, -0.15) is 0 Å². The second-order valence-electron chi connectivity index (χ2n) is 5.63. The van der Waals surface area contributed by atoms with E-state index in [1.54, 1.807) is 0 Å². The predicted octanol–water partition coefficient (Wildman–Crippen LogP) is 2.00. The van der Waals surface area contributed by atoms with Crippen LogP contribution in [0.2, 0.25) is 0 Å².